The average Bonchev–Trinajstić information content (AvgIpc) is 1.69. The summed E-state index contributed by atoms with van der Waals surface area (Å²) in [5.41, 5.74) is 11.3. The van der Waals surface area contributed by atoms with Crippen LogP contribution < -0.4 is 80.6 Å². The molecule has 132 heavy (non-hydrogen) atoms. The van der Waals surface area contributed by atoms with Crippen LogP contribution in [0.25, 0.3) is 0 Å². The number of ether oxygens (including phenoxy) is 8. The first-order chi connectivity index (χ1) is 63.4. The number of amides is 21. The van der Waals surface area contributed by atoms with Gasteiger partial charge in [-0.3, -0.25) is 115 Å². The third-order valence-electron chi connectivity index (χ3n) is 19.6. The Kier molecular flexibility index (Phi) is 59.3. The van der Waals surface area contributed by atoms with Gasteiger partial charge < -0.3 is 118 Å². The van der Waals surface area contributed by atoms with Gasteiger partial charge in [-0.25, -0.2) is 0 Å². The molecule has 51 heteroatoms. The van der Waals surface area contributed by atoms with Crippen molar-refractivity contribution in [3.63, 3.8) is 0 Å². The third-order valence-corrected chi connectivity index (χ3v) is 24.0. The van der Waals surface area contributed by atoms with Crippen LogP contribution in [0, 0.1) is 0 Å². The van der Waals surface area contributed by atoms with E-state index in [0.717, 1.165) is 50.4 Å². The molecule has 0 aliphatic carbocycles. The summed E-state index contributed by atoms with van der Waals surface area (Å²) in [5.74, 6) is -11.5. The van der Waals surface area contributed by atoms with Crippen LogP contribution >= 0.6 is 45.1 Å². The average molecular weight is 1950 g/mol. The molecular weight excluding hydrogens is 1820 g/mol. The Labute approximate surface area is 782 Å². The molecule has 4 bridgehead atoms. The van der Waals surface area contributed by atoms with Crippen molar-refractivity contribution in [1.82, 2.24) is 83.8 Å². The van der Waals surface area contributed by atoms with Gasteiger partial charge in [0.2, 0.25) is 112 Å². The number of primary amides is 2. The van der Waals surface area contributed by atoms with Crippen molar-refractivity contribution >= 4 is 169 Å². The Bertz CT molecular complexity index is 3810. The normalized spacial score (nSPS) is 23.2. The van der Waals surface area contributed by atoms with Crippen molar-refractivity contribution in [2.45, 2.75) is 176 Å². The number of unbranched alkanes of at least 4 members (excludes halogenated alkanes) is 1. The van der Waals surface area contributed by atoms with Crippen LogP contribution in [0.4, 0.5) is 0 Å². The number of nitrogens with one attached hydrogen (secondary N) is 13. The molecule has 4 rings (SSSR count). The summed E-state index contributed by atoms with van der Waals surface area (Å²) in [5, 5.41) is 32.8. The zero-order valence-electron chi connectivity index (χ0n) is 75.0. The maximum absolute atomic E-state index is 13.8. The van der Waals surface area contributed by atoms with Gasteiger partial charge in [-0.2, -0.15) is 0 Å². The van der Waals surface area contributed by atoms with Crippen molar-refractivity contribution in [2.75, 3.05) is 195 Å². The van der Waals surface area contributed by atoms with E-state index in [2.05, 4.69) is 69.1 Å². The molecule has 742 valence electrons. The maximum atomic E-state index is 13.8. The first-order valence-corrected chi connectivity index (χ1v) is 48.6. The fourth-order valence-electron chi connectivity index (χ4n) is 12.6. The van der Waals surface area contributed by atoms with Gasteiger partial charge in [-0.15, -0.1) is 23.5 Å². The van der Waals surface area contributed by atoms with E-state index >= 15 is 0 Å². The van der Waals surface area contributed by atoms with E-state index < -0.39 is 159 Å². The quantitative estimate of drug-likeness (QED) is 0.0325. The van der Waals surface area contributed by atoms with Crippen molar-refractivity contribution < 1.29 is 139 Å². The van der Waals surface area contributed by atoms with Crippen LogP contribution in [0.3, 0.4) is 0 Å². The van der Waals surface area contributed by atoms with Crippen LogP contribution in [-0.2, 0) is 139 Å². The SMILES string of the molecule is CSSCC(NC(=O)C1CCCCNC(=O)CCOCCOCCNC(=O)C(NC(C)=O)CSC2CC(=O)N(CCC(=O)NCCOCCOCCC(=O)NC(C(=O)NC(CCCCNC(=O)CCN3C(=O)C=CC3=O)C(N)=O)CCCCNC(=O)CCOCCOCCNC(=O)CCN3C(=O)CC(SCC(NC(C)=O)C(=O)NCCOCCOCCC(=O)N1)C3=O)C2=O)C(N)=O. The lowest BCUT2D eigenvalue weighted by Crippen LogP contribution is -2.53. The first-order valence-electron chi connectivity index (χ1n) is 43.8. The Morgan fingerprint density at radius 3 is 1.20 bits per heavy atom. The zero-order valence-corrected chi connectivity index (χ0v) is 78.2. The topological polar surface area (TPSA) is 650 Å². The molecule has 8 atom stereocenters. The van der Waals surface area contributed by atoms with E-state index in [1.165, 1.54) is 35.4 Å². The molecule has 21 amide bonds. The van der Waals surface area contributed by atoms with Crippen molar-refractivity contribution in [1.29, 1.82) is 0 Å². The molecule has 0 aromatic carbocycles. The summed E-state index contributed by atoms with van der Waals surface area (Å²) in [4.78, 5) is 272. The fourth-order valence-corrected chi connectivity index (χ4v) is 16.3. The highest BCUT2D eigenvalue weighted by atomic mass is 33.1. The molecule has 0 aromatic heterocycles. The van der Waals surface area contributed by atoms with Crippen LogP contribution in [0.15, 0.2) is 12.2 Å². The van der Waals surface area contributed by atoms with E-state index in [1.54, 1.807) is 6.26 Å². The lowest BCUT2D eigenvalue weighted by molar-refractivity contribution is -0.140. The van der Waals surface area contributed by atoms with E-state index in [9.17, 15) is 101 Å². The largest absolute Gasteiger partial charge is 0.379 e. The molecule has 0 saturated carbocycles. The summed E-state index contributed by atoms with van der Waals surface area (Å²) < 4.78 is 44.4. The van der Waals surface area contributed by atoms with Crippen LogP contribution in [-0.4, -0.2) is 380 Å². The molecule has 4 heterocycles. The molecule has 4 aliphatic rings. The standard InChI is InChI=1S/C81H130N18O29S4/c1-53(100)91-59-50-130-61-48-73(112)99(81(61)120)31-17-65(104)88-26-37-126-45-42-123-34-20-68(107)93-56(78(117)95-55(74(82)113)10-4-7-22-84-63(102)15-29-97-70(109)13-14-71(97)110)11-5-8-23-85-66(105)18-32-121-40-44-125-36-25-87-64(103)16-30-98-72(111)49-62(80(98)119)131-51-60(92-54(2)101)77(116)90-28-39-128-47-43-124-35-21-69(108)94-57(79(118)96-58(75(83)114)52-132-129-3)12-6-9-24-86-67(106)19-33-122-41-46-127-38-27-89-76(59)115/h13-14,55-62H,4-12,15-52H2,1-3H3,(H2,82,113)(H2,83,114)(H,84,102)(H,85,105)(H,86,106)(H,87,103)(H,88,104)(H,89,115)(H,90,116)(H,91,100)(H,92,101)(H,93,107)(H,94,108)(H,95,117)(H,96,118). The minimum atomic E-state index is -1.17. The number of thioether (sulfide) groups is 2. The lowest BCUT2D eigenvalue weighted by atomic mass is 10.1. The predicted molar refractivity (Wildman–Crippen MR) is 480 cm³/mol. The van der Waals surface area contributed by atoms with E-state index in [-0.39, 0.29) is 277 Å². The number of imide groups is 3. The van der Waals surface area contributed by atoms with Crippen molar-refractivity contribution in [3.05, 3.63) is 12.2 Å². The molecule has 0 aromatic rings. The number of carbonyl (C=O) groups excluding carboxylic acids is 21. The van der Waals surface area contributed by atoms with Gasteiger partial charge in [0.1, 0.15) is 36.3 Å². The molecular formula is C81H130N18O29S4. The number of hydrogen-bond acceptors (Lipinski definition) is 33. The number of carbonyl (C=O) groups is 21. The summed E-state index contributed by atoms with van der Waals surface area (Å²) >= 11 is 2.00. The summed E-state index contributed by atoms with van der Waals surface area (Å²) in [7, 11) is 2.67. The summed E-state index contributed by atoms with van der Waals surface area (Å²) in [6, 6.07) is -6.63. The highest BCUT2D eigenvalue weighted by Crippen LogP contribution is 2.28. The van der Waals surface area contributed by atoms with Crippen molar-refractivity contribution in [2.24, 2.45) is 11.5 Å². The lowest BCUT2D eigenvalue weighted by Gasteiger charge is -2.22. The highest BCUT2D eigenvalue weighted by molar-refractivity contribution is 8.76. The third kappa shape index (κ3) is 50.4. The summed E-state index contributed by atoms with van der Waals surface area (Å²) in [6.45, 7) is 3.36. The minimum Gasteiger partial charge on any atom is -0.379 e. The molecule has 3 fully saturated rings. The zero-order chi connectivity index (χ0) is 96.8. The second kappa shape index (κ2) is 68.3. The maximum Gasteiger partial charge on any atom is 0.253 e. The van der Waals surface area contributed by atoms with Crippen LogP contribution in [0.1, 0.15) is 129 Å². The highest BCUT2D eigenvalue weighted by Gasteiger charge is 2.42. The fraction of sp³-hybridized carbons (Fsp3) is 0.716. The van der Waals surface area contributed by atoms with Gasteiger partial charge in [-0.05, 0) is 64.0 Å². The Morgan fingerprint density at radius 1 is 0.455 bits per heavy atom. The molecule has 47 nitrogen and oxygen atoms in total. The number of fused-ring (bicyclic) bond motifs is 4. The van der Waals surface area contributed by atoms with Gasteiger partial charge in [-0.1, -0.05) is 21.6 Å². The van der Waals surface area contributed by atoms with Gasteiger partial charge in [0.15, 0.2) is 0 Å². The van der Waals surface area contributed by atoms with Crippen LogP contribution in [0.5, 0.6) is 0 Å². The number of nitrogens with two attached hydrogens (primary N) is 2. The second-order valence-corrected chi connectivity index (χ2v) is 35.2. The Balaban J connectivity index is 1.29. The van der Waals surface area contributed by atoms with Gasteiger partial charge in [0.05, 0.1) is 116 Å². The number of nitrogens with zero attached hydrogens (tertiary/aromatic N) is 3. The molecule has 8 unspecified atom stereocenters. The van der Waals surface area contributed by atoms with Gasteiger partial charge in [0.25, 0.3) is 11.8 Å². The second-order valence-electron chi connectivity index (χ2n) is 30.1. The summed E-state index contributed by atoms with van der Waals surface area (Å²) in [6.07, 6.45) is 5.10. The van der Waals surface area contributed by atoms with E-state index in [0.29, 0.717) is 38.5 Å². The number of rotatable bonds is 19. The molecule has 3 saturated heterocycles. The van der Waals surface area contributed by atoms with Crippen molar-refractivity contribution in [3.8, 4) is 0 Å². The Hall–Kier alpha value is -9.71. The first kappa shape index (κ1) is 115. The minimum absolute atomic E-state index is 0.00589. The van der Waals surface area contributed by atoms with Gasteiger partial charge in [0, 0.05) is 166 Å². The van der Waals surface area contributed by atoms with Crippen LogP contribution in [0.2, 0.25) is 0 Å². The number of hydrogen-bond donors (Lipinski definition) is 15. The van der Waals surface area contributed by atoms with E-state index in [1.807, 2.05) is 0 Å². The van der Waals surface area contributed by atoms with Gasteiger partial charge >= 0.3 is 0 Å². The van der Waals surface area contributed by atoms with E-state index in [4.69, 9.17) is 49.4 Å². The molecule has 0 radical (unpaired) electrons. The molecule has 4 aliphatic heterocycles. The monoisotopic (exact) mass is 1950 g/mol. The Morgan fingerprint density at radius 2 is 0.818 bits per heavy atom. The molecule has 0 spiro atoms. The predicted octanol–water partition coefficient (Wildman–Crippen LogP) is -6.24. The smallest absolute Gasteiger partial charge is 0.253 e. The molecule has 17 N–H and O–H groups in total.